The van der Waals surface area contributed by atoms with E-state index in [4.69, 9.17) is 4.42 Å². The summed E-state index contributed by atoms with van der Waals surface area (Å²) in [6, 6.07) is 12.8. The van der Waals surface area contributed by atoms with E-state index in [0.717, 1.165) is 24.0 Å². The fraction of sp³-hybridized carbons (Fsp3) is 0.263. The Hall–Kier alpha value is -2.82. The standard InChI is InChI=1S/C19H18N2O3/c1-12(17-7-4-10-24-17)21(14-8-9-14)19(23)16-11-13-5-2-3-6-15(13)18(22)20-16/h2-7,10-12,14H,8-9H2,1H3,(H,20,22). The van der Waals surface area contributed by atoms with Crippen LogP contribution in [0.4, 0.5) is 0 Å². The number of furan rings is 1. The lowest BCUT2D eigenvalue weighted by Gasteiger charge is -2.28. The minimum atomic E-state index is -0.238. The SMILES string of the molecule is CC(c1ccco1)N(C(=O)c1cc2ccccc2c(=O)[nH]1)C1CC1. The first-order valence-electron chi connectivity index (χ1n) is 8.13. The Bertz CT molecular complexity index is 939. The van der Waals surface area contributed by atoms with Gasteiger partial charge in [0.2, 0.25) is 0 Å². The van der Waals surface area contributed by atoms with Gasteiger partial charge in [0.15, 0.2) is 0 Å². The van der Waals surface area contributed by atoms with Crippen molar-refractivity contribution in [1.29, 1.82) is 0 Å². The second-order valence-electron chi connectivity index (χ2n) is 6.23. The first-order chi connectivity index (χ1) is 11.6. The number of rotatable bonds is 4. The van der Waals surface area contributed by atoms with E-state index in [-0.39, 0.29) is 23.6 Å². The summed E-state index contributed by atoms with van der Waals surface area (Å²) in [5.41, 5.74) is 0.0851. The normalized spacial score (nSPS) is 15.4. The number of fused-ring (bicyclic) bond motifs is 1. The summed E-state index contributed by atoms with van der Waals surface area (Å²) in [6.45, 7) is 1.95. The first kappa shape index (κ1) is 14.8. The maximum absolute atomic E-state index is 13.1. The van der Waals surface area contributed by atoms with E-state index >= 15 is 0 Å². The average molecular weight is 322 g/mol. The van der Waals surface area contributed by atoms with Crippen LogP contribution in [-0.2, 0) is 0 Å². The second-order valence-corrected chi connectivity index (χ2v) is 6.23. The number of carbonyl (C=O) groups is 1. The molecule has 0 saturated heterocycles. The van der Waals surface area contributed by atoms with Gasteiger partial charge in [-0.2, -0.15) is 0 Å². The van der Waals surface area contributed by atoms with Crippen molar-refractivity contribution in [3.05, 3.63) is 70.5 Å². The fourth-order valence-electron chi connectivity index (χ4n) is 3.14. The maximum Gasteiger partial charge on any atom is 0.271 e. The van der Waals surface area contributed by atoms with Crippen molar-refractivity contribution in [3.8, 4) is 0 Å². The number of nitrogens with one attached hydrogen (secondary N) is 1. The Kier molecular flexibility index (Phi) is 3.49. The average Bonchev–Trinajstić information content (AvgIpc) is 3.26. The number of aromatic nitrogens is 1. The largest absolute Gasteiger partial charge is 0.467 e. The molecule has 1 amide bonds. The Morgan fingerprint density at radius 2 is 2.04 bits per heavy atom. The highest BCUT2D eigenvalue weighted by Crippen LogP contribution is 2.35. The van der Waals surface area contributed by atoms with Gasteiger partial charge in [0.25, 0.3) is 11.5 Å². The molecule has 1 fully saturated rings. The highest BCUT2D eigenvalue weighted by molar-refractivity contribution is 5.96. The minimum Gasteiger partial charge on any atom is -0.467 e. The summed E-state index contributed by atoms with van der Waals surface area (Å²) in [7, 11) is 0. The first-order valence-corrected chi connectivity index (χ1v) is 8.13. The van der Waals surface area contributed by atoms with Crippen molar-refractivity contribution in [2.45, 2.75) is 31.8 Å². The lowest BCUT2D eigenvalue weighted by molar-refractivity contribution is 0.0646. The van der Waals surface area contributed by atoms with E-state index in [9.17, 15) is 9.59 Å². The van der Waals surface area contributed by atoms with Crippen LogP contribution in [0.3, 0.4) is 0 Å². The number of hydrogen-bond donors (Lipinski definition) is 1. The molecule has 24 heavy (non-hydrogen) atoms. The van der Waals surface area contributed by atoms with Gasteiger partial charge in [-0.15, -0.1) is 0 Å². The molecule has 2 heterocycles. The van der Waals surface area contributed by atoms with Gasteiger partial charge in [-0.25, -0.2) is 0 Å². The predicted molar refractivity (Wildman–Crippen MR) is 90.9 cm³/mol. The van der Waals surface area contributed by atoms with Crippen LogP contribution in [0.15, 0.2) is 57.9 Å². The Morgan fingerprint density at radius 3 is 2.75 bits per heavy atom. The summed E-state index contributed by atoms with van der Waals surface area (Å²) in [5.74, 6) is 0.586. The summed E-state index contributed by atoms with van der Waals surface area (Å²) < 4.78 is 5.47. The lowest BCUT2D eigenvalue weighted by Crippen LogP contribution is -2.36. The van der Waals surface area contributed by atoms with E-state index < -0.39 is 0 Å². The van der Waals surface area contributed by atoms with Crippen LogP contribution in [0.25, 0.3) is 10.8 Å². The zero-order valence-electron chi connectivity index (χ0n) is 13.4. The van der Waals surface area contributed by atoms with Gasteiger partial charge < -0.3 is 14.3 Å². The molecule has 3 aromatic rings. The van der Waals surface area contributed by atoms with Crippen LogP contribution in [0.2, 0.25) is 0 Å². The van der Waals surface area contributed by atoms with Crippen LogP contribution in [0, 0.1) is 0 Å². The van der Waals surface area contributed by atoms with Crippen LogP contribution in [0.1, 0.15) is 42.1 Å². The summed E-state index contributed by atoms with van der Waals surface area (Å²) in [4.78, 5) is 29.9. The Balaban J connectivity index is 1.74. The van der Waals surface area contributed by atoms with E-state index in [0.29, 0.717) is 11.1 Å². The molecule has 2 aromatic heterocycles. The molecule has 0 spiro atoms. The maximum atomic E-state index is 13.1. The highest BCUT2D eigenvalue weighted by Gasteiger charge is 2.38. The van der Waals surface area contributed by atoms with Crippen molar-refractivity contribution in [3.63, 3.8) is 0 Å². The number of H-pyrrole nitrogens is 1. The van der Waals surface area contributed by atoms with Crippen LogP contribution >= 0.6 is 0 Å². The third kappa shape index (κ3) is 2.52. The smallest absolute Gasteiger partial charge is 0.271 e. The van der Waals surface area contributed by atoms with Crippen molar-refractivity contribution in [2.24, 2.45) is 0 Å². The van der Waals surface area contributed by atoms with Gasteiger partial charge in [0.05, 0.1) is 12.3 Å². The molecule has 5 nitrogen and oxygen atoms in total. The zero-order chi connectivity index (χ0) is 16.7. The zero-order valence-corrected chi connectivity index (χ0v) is 13.4. The molecule has 0 radical (unpaired) electrons. The Labute approximate surface area is 138 Å². The summed E-state index contributed by atoms with van der Waals surface area (Å²) >= 11 is 0. The number of benzene rings is 1. The van der Waals surface area contributed by atoms with E-state index in [1.807, 2.05) is 42.2 Å². The molecule has 1 aliphatic rings. The molecule has 1 atom stereocenters. The molecule has 1 aliphatic carbocycles. The van der Waals surface area contributed by atoms with Gasteiger partial charge in [-0.05, 0) is 49.4 Å². The highest BCUT2D eigenvalue weighted by atomic mass is 16.3. The third-order valence-electron chi connectivity index (χ3n) is 4.53. The number of amides is 1. The quantitative estimate of drug-likeness (QED) is 0.799. The number of aromatic amines is 1. The van der Waals surface area contributed by atoms with Crippen LogP contribution in [0.5, 0.6) is 0 Å². The number of carbonyl (C=O) groups excluding carboxylic acids is 1. The van der Waals surface area contributed by atoms with Gasteiger partial charge in [0.1, 0.15) is 11.5 Å². The number of pyridine rings is 1. The van der Waals surface area contributed by atoms with Crippen LogP contribution in [-0.4, -0.2) is 21.8 Å². The van der Waals surface area contributed by atoms with E-state index in [2.05, 4.69) is 4.98 Å². The number of hydrogen-bond acceptors (Lipinski definition) is 3. The number of nitrogens with zero attached hydrogens (tertiary/aromatic N) is 1. The van der Waals surface area contributed by atoms with Crippen molar-refractivity contribution >= 4 is 16.7 Å². The summed E-state index contributed by atoms with van der Waals surface area (Å²) in [6.07, 6.45) is 3.57. The molecule has 0 bridgehead atoms. The molecular formula is C19H18N2O3. The van der Waals surface area contributed by atoms with Crippen LogP contribution < -0.4 is 5.56 Å². The second kappa shape index (κ2) is 5.67. The molecule has 1 saturated carbocycles. The van der Waals surface area contributed by atoms with E-state index in [1.165, 1.54) is 0 Å². The van der Waals surface area contributed by atoms with Crippen molar-refractivity contribution in [2.75, 3.05) is 0 Å². The van der Waals surface area contributed by atoms with E-state index in [1.54, 1.807) is 18.4 Å². The third-order valence-corrected chi connectivity index (χ3v) is 4.53. The molecule has 5 heteroatoms. The Morgan fingerprint density at radius 1 is 1.25 bits per heavy atom. The van der Waals surface area contributed by atoms with Crippen molar-refractivity contribution in [1.82, 2.24) is 9.88 Å². The lowest BCUT2D eigenvalue weighted by atomic mass is 10.1. The van der Waals surface area contributed by atoms with Gasteiger partial charge >= 0.3 is 0 Å². The molecule has 122 valence electrons. The molecule has 0 aliphatic heterocycles. The summed E-state index contributed by atoms with van der Waals surface area (Å²) in [5, 5.41) is 1.36. The monoisotopic (exact) mass is 322 g/mol. The fourth-order valence-corrected chi connectivity index (χ4v) is 3.14. The molecular weight excluding hydrogens is 304 g/mol. The molecule has 1 N–H and O–H groups in total. The molecule has 4 rings (SSSR count). The molecule has 1 unspecified atom stereocenters. The minimum absolute atomic E-state index is 0.163. The van der Waals surface area contributed by atoms with Crippen molar-refractivity contribution < 1.29 is 9.21 Å². The van der Waals surface area contributed by atoms with Gasteiger partial charge in [-0.3, -0.25) is 9.59 Å². The topological polar surface area (TPSA) is 66.3 Å². The van der Waals surface area contributed by atoms with Gasteiger partial charge in [-0.1, -0.05) is 18.2 Å². The predicted octanol–water partition coefficient (Wildman–Crippen LogP) is 3.49. The van der Waals surface area contributed by atoms with Gasteiger partial charge in [0, 0.05) is 11.4 Å². The molecule has 1 aromatic carbocycles.